The van der Waals surface area contributed by atoms with Crippen LogP contribution in [0.3, 0.4) is 0 Å². The molecular formula is C12H10BrCl2N3. The number of halogens is 3. The van der Waals surface area contributed by atoms with Crippen LogP contribution in [-0.2, 0) is 5.33 Å². The van der Waals surface area contributed by atoms with Gasteiger partial charge < -0.3 is 4.57 Å². The number of aromatic nitrogens is 3. The van der Waals surface area contributed by atoms with Gasteiger partial charge in [0.2, 0.25) is 0 Å². The first-order valence-corrected chi connectivity index (χ1v) is 7.53. The van der Waals surface area contributed by atoms with Gasteiger partial charge >= 0.3 is 0 Å². The van der Waals surface area contributed by atoms with Crippen molar-refractivity contribution in [2.45, 2.75) is 24.2 Å². The molecule has 2 aromatic rings. The van der Waals surface area contributed by atoms with Crippen molar-refractivity contribution < 1.29 is 0 Å². The second kappa shape index (κ2) is 4.83. The summed E-state index contributed by atoms with van der Waals surface area (Å²) in [5.74, 6) is 1.79. The third kappa shape index (κ3) is 2.29. The average molecular weight is 347 g/mol. The van der Waals surface area contributed by atoms with Crippen molar-refractivity contribution in [3.05, 3.63) is 34.1 Å². The highest BCUT2D eigenvalue weighted by Crippen LogP contribution is 2.40. The number of hydrogen-bond donors (Lipinski definition) is 0. The van der Waals surface area contributed by atoms with E-state index in [0.717, 1.165) is 17.2 Å². The Labute approximate surface area is 123 Å². The van der Waals surface area contributed by atoms with Gasteiger partial charge in [-0.1, -0.05) is 39.1 Å². The summed E-state index contributed by atoms with van der Waals surface area (Å²) in [4.78, 5) is 0. The molecule has 0 spiro atoms. The number of benzene rings is 1. The molecule has 0 atom stereocenters. The van der Waals surface area contributed by atoms with Crippen LogP contribution in [0.25, 0.3) is 11.4 Å². The molecule has 0 unspecified atom stereocenters. The van der Waals surface area contributed by atoms with Crippen LogP contribution in [0.15, 0.2) is 18.2 Å². The maximum Gasteiger partial charge on any atom is 0.164 e. The molecule has 1 fully saturated rings. The molecule has 3 nitrogen and oxygen atoms in total. The molecule has 0 saturated heterocycles. The quantitative estimate of drug-likeness (QED) is 0.767. The van der Waals surface area contributed by atoms with Gasteiger partial charge in [-0.3, -0.25) is 0 Å². The minimum atomic E-state index is 0.514. The lowest BCUT2D eigenvalue weighted by molar-refractivity contribution is 0.714. The van der Waals surface area contributed by atoms with Crippen molar-refractivity contribution in [3.63, 3.8) is 0 Å². The van der Waals surface area contributed by atoms with E-state index in [1.807, 2.05) is 12.1 Å². The smallest absolute Gasteiger partial charge is 0.164 e. The molecule has 0 bridgehead atoms. The van der Waals surface area contributed by atoms with Gasteiger partial charge in [-0.2, -0.15) is 0 Å². The molecule has 1 heterocycles. The first-order chi connectivity index (χ1) is 8.69. The molecule has 94 valence electrons. The number of rotatable bonds is 3. The van der Waals surface area contributed by atoms with E-state index in [9.17, 15) is 0 Å². The normalized spacial score (nSPS) is 15.1. The van der Waals surface area contributed by atoms with Gasteiger partial charge in [0.25, 0.3) is 0 Å². The number of hydrogen-bond acceptors (Lipinski definition) is 2. The van der Waals surface area contributed by atoms with Crippen LogP contribution < -0.4 is 0 Å². The zero-order valence-electron chi connectivity index (χ0n) is 9.41. The lowest BCUT2D eigenvalue weighted by Crippen LogP contribution is -2.01. The fourth-order valence-corrected chi connectivity index (χ4v) is 2.92. The van der Waals surface area contributed by atoms with Crippen molar-refractivity contribution in [2.75, 3.05) is 0 Å². The van der Waals surface area contributed by atoms with E-state index in [2.05, 4.69) is 30.7 Å². The molecule has 1 saturated carbocycles. The summed E-state index contributed by atoms with van der Waals surface area (Å²) in [6, 6.07) is 5.97. The van der Waals surface area contributed by atoms with E-state index >= 15 is 0 Å². The summed E-state index contributed by atoms with van der Waals surface area (Å²) in [6.45, 7) is 0. The summed E-state index contributed by atoms with van der Waals surface area (Å²) >= 11 is 15.5. The Kier molecular flexibility index (Phi) is 3.34. The predicted molar refractivity (Wildman–Crippen MR) is 76.4 cm³/mol. The standard InChI is InChI=1S/C12H10BrCl2N3/c13-6-11-16-17-12(18(11)10-1-2-10)7-3-8(14)5-9(15)4-7/h3-5,10H,1-2,6H2. The molecule has 1 aliphatic carbocycles. The van der Waals surface area contributed by atoms with Crippen molar-refractivity contribution >= 4 is 39.1 Å². The summed E-state index contributed by atoms with van der Waals surface area (Å²) in [7, 11) is 0. The molecule has 1 aromatic carbocycles. The summed E-state index contributed by atoms with van der Waals surface area (Å²) in [5.41, 5.74) is 0.916. The van der Waals surface area contributed by atoms with E-state index in [1.165, 1.54) is 12.8 Å². The molecule has 0 amide bonds. The topological polar surface area (TPSA) is 30.7 Å². The Morgan fingerprint density at radius 3 is 2.39 bits per heavy atom. The van der Waals surface area contributed by atoms with Crippen molar-refractivity contribution in [2.24, 2.45) is 0 Å². The predicted octanol–water partition coefficient (Wildman–Crippen LogP) is 4.48. The van der Waals surface area contributed by atoms with Crippen molar-refractivity contribution in [1.82, 2.24) is 14.8 Å². The van der Waals surface area contributed by atoms with Crippen LogP contribution in [0.2, 0.25) is 10.0 Å². The summed E-state index contributed by atoms with van der Waals surface area (Å²) < 4.78 is 2.18. The molecule has 0 N–H and O–H groups in total. The largest absolute Gasteiger partial charge is 0.307 e. The van der Waals surface area contributed by atoms with Crippen LogP contribution in [-0.4, -0.2) is 14.8 Å². The molecular weight excluding hydrogens is 337 g/mol. The van der Waals surface area contributed by atoms with Gasteiger partial charge in [0.15, 0.2) is 5.82 Å². The fourth-order valence-electron chi connectivity index (χ4n) is 2.01. The van der Waals surface area contributed by atoms with E-state index in [-0.39, 0.29) is 0 Å². The Hall–Kier alpha value is -0.580. The Bertz CT molecular complexity index is 573. The highest BCUT2D eigenvalue weighted by atomic mass is 79.9. The second-order valence-electron chi connectivity index (χ2n) is 4.33. The highest BCUT2D eigenvalue weighted by Gasteiger charge is 2.29. The lowest BCUT2D eigenvalue weighted by Gasteiger charge is -2.08. The average Bonchev–Trinajstić information content (AvgIpc) is 3.07. The zero-order valence-corrected chi connectivity index (χ0v) is 12.5. The molecule has 0 radical (unpaired) electrons. The van der Waals surface area contributed by atoms with E-state index in [1.54, 1.807) is 6.07 Å². The minimum absolute atomic E-state index is 0.514. The molecule has 18 heavy (non-hydrogen) atoms. The van der Waals surface area contributed by atoms with Gasteiger partial charge in [0, 0.05) is 21.7 Å². The van der Waals surface area contributed by atoms with Crippen LogP contribution in [0, 0.1) is 0 Å². The summed E-state index contributed by atoms with van der Waals surface area (Å²) in [5, 5.41) is 10.4. The van der Waals surface area contributed by atoms with Crippen LogP contribution in [0.4, 0.5) is 0 Å². The van der Waals surface area contributed by atoms with Crippen LogP contribution >= 0.6 is 39.1 Å². The Balaban J connectivity index is 2.13. The first kappa shape index (κ1) is 12.5. The maximum absolute atomic E-state index is 6.04. The summed E-state index contributed by atoms with van der Waals surface area (Å²) in [6.07, 6.45) is 2.36. The van der Waals surface area contributed by atoms with Gasteiger partial charge in [-0.05, 0) is 31.0 Å². The van der Waals surface area contributed by atoms with Gasteiger partial charge in [0.1, 0.15) is 5.82 Å². The molecule has 3 rings (SSSR count). The maximum atomic E-state index is 6.04. The van der Waals surface area contributed by atoms with Gasteiger partial charge in [0.05, 0.1) is 5.33 Å². The van der Waals surface area contributed by atoms with Gasteiger partial charge in [-0.15, -0.1) is 10.2 Å². The molecule has 0 aliphatic heterocycles. The molecule has 1 aliphatic rings. The fraction of sp³-hybridized carbons (Fsp3) is 0.333. The second-order valence-corrected chi connectivity index (χ2v) is 5.77. The van der Waals surface area contributed by atoms with Gasteiger partial charge in [-0.25, -0.2) is 0 Å². The Morgan fingerprint density at radius 1 is 1.17 bits per heavy atom. The number of nitrogens with zero attached hydrogens (tertiary/aromatic N) is 3. The van der Waals surface area contributed by atoms with Crippen molar-refractivity contribution in [1.29, 1.82) is 0 Å². The number of alkyl halides is 1. The molecule has 1 aromatic heterocycles. The highest BCUT2D eigenvalue weighted by molar-refractivity contribution is 9.08. The monoisotopic (exact) mass is 345 g/mol. The zero-order chi connectivity index (χ0) is 12.7. The van der Waals surface area contributed by atoms with Crippen LogP contribution in [0.5, 0.6) is 0 Å². The van der Waals surface area contributed by atoms with Crippen LogP contribution in [0.1, 0.15) is 24.7 Å². The third-order valence-electron chi connectivity index (χ3n) is 2.92. The van der Waals surface area contributed by atoms with E-state index in [4.69, 9.17) is 23.2 Å². The SMILES string of the molecule is Clc1cc(Cl)cc(-c2nnc(CBr)n2C2CC2)c1. The third-order valence-corrected chi connectivity index (χ3v) is 3.86. The van der Waals surface area contributed by atoms with E-state index < -0.39 is 0 Å². The minimum Gasteiger partial charge on any atom is -0.307 e. The lowest BCUT2D eigenvalue weighted by atomic mass is 10.2. The van der Waals surface area contributed by atoms with Crippen molar-refractivity contribution in [3.8, 4) is 11.4 Å². The Morgan fingerprint density at radius 2 is 1.83 bits per heavy atom. The first-order valence-electron chi connectivity index (χ1n) is 5.65. The van der Waals surface area contributed by atoms with E-state index in [0.29, 0.717) is 21.4 Å². The molecule has 6 heteroatoms.